The maximum atomic E-state index is 13.5. The predicted molar refractivity (Wildman–Crippen MR) is 75.7 cm³/mol. The van der Waals surface area contributed by atoms with Gasteiger partial charge >= 0.3 is 5.69 Å². The molecule has 0 heterocycles. The normalized spacial score (nSPS) is 14.0. The fourth-order valence-electron chi connectivity index (χ4n) is 1.72. The van der Waals surface area contributed by atoms with Gasteiger partial charge in [-0.15, -0.1) is 0 Å². The zero-order valence-corrected chi connectivity index (χ0v) is 12.8. The second kappa shape index (κ2) is 6.04. The van der Waals surface area contributed by atoms with Gasteiger partial charge in [0.1, 0.15) is 0 Å². The van der Waals surface area contributed by atoms with Crippen molar-refractivity contribution >= 4 is 15.7 Å². The van der Waals surface area contributed by atoms with Gasteiger partial charge in [0.05, 0.1) is 4.92 Å². The number of benzene rings is 1. The molecule has 3 N–H and O–H groups in total. The van der Waals surface area contributed by atoms with E-state index in [1.54, 1.807) is 20.8 Å². The smallest absolute Gasteiger partial charge is 0.324 e. The molecule has 1 rings (SSSR count). The number of rotatable bonds is 5. The largest absolute Gasteiger partial charge is 0.329 e. The number of nitro benzene ring substituents is 1. The zero-order valence-electron chi connectivity index (χ0n) is 12.0. The summed E-state index contributed by atoms with van der Waals surface area (Å²) < 4.78 is 40.4. The molecule has 0 aliphatic heterocycles. The van der Waals surface area contributed by atoms with Crippen LogP contribution in [0.4, 0.5) is 10.1 Å². The van der Waals surface area contributed by atoms with E-state index in [9.17, 15) is 22.9 Å². The van der Waals surface area contributed by atoms with Gasteiger partial charge in [-0.25, -0.2) is 13.1 Å². The Morgan fingerprint density at radius 2 is 2.00 bits per heavy atom. The second-order valence-corrected chi connectivity index (χ2v) is 7.30. The van der Waals surface area contributed by atoms with Crippen LogP contribution in [0, 0.1) is 21.3 Å². The van der Waals surface area contributed by atoms with Gasteiger partial charge in [0.25, 0.3) is 0 Å². The lowest BCUT2D eigenvalue weighted by atomic mass is 9.88. The van der Waals surface area contributed by atoms with Crippen LogP contribution in [0.2, 0.25) is 0 Å². The molecular formula is C12H18FN3O4S. The number of nitro groups is 1. The van der Waals surface area contributed by atoms with E-state index in [1.165, 1.54) is 0 Å². The van der Waals surface area contributed by atoms with Crippen molar-refractivity contribution in [2.24, 2.45) is 11.1 Å². The van der Waals surface area contributed by atoms with E-state index < -0.39 is 42.8 Å². The highest BCUT2D eigenvalue weighted by Gasteiger charge is 2.34. The fraction of sp³-hybridized carbons (Fsp3) is 0.500. The molecule has 1 atom stereocenters. The molecule has 0 radical (unpaired) electrons. The summed E-state index contributed by atoms with van der Waals surface area (Å²) in [5.74, 6) is -1.21. The molecule has 0 fully saturated rings. The lowest BCUT2D eigenvalue weighted by Gasteiger charge is -2.30. The van der Waals surface area contributed by atoms with Gasteiger partial charge in [-0.3, -0.25) is 10.1 Å². The van der Waals surface area contributed by atoms with E-state index in [2.05, 4.69) is 4.72 Å². The van der Waals surface area contributed by atoms with E-state index in [4.69, 9.17) is 5.73 Å². The van der Waals surface area contributed by atoms with Crippen molar-refractivity contribution < 1.29 is 17.7 Å². The summed E-state index contributed by atoms with van der Waals surface area (Å²) in [7, 11) is -4.26. The lowest BCUT2D eigenvalue weighted by Crippen LogP contribution is -2.48. The molecule has 21 heavy (non-hydrogen) atoms. The maximum absolute atomic E-state index is 13.5. The second-order valence-electron chi connectivity index (χ2n) is 5.62. The molecule has 0 aliphatic rings. The van der Waals surface area contributed by atoms with Crippen LogP contribution in [0.15, 0.2) is 23.1 Å². The molecule has 0 saturated carbocycles. The molecule has 0 aromatic heterocycles. The highest BCUT2D eigenvalue weighted by molar-refractivity contribution is 7.89. The van der Waals surface area contributed by atoms with Crippen LogP contribution in [0.3, 0.4) is 0 Å². The monoisotopic (exact) mass is 319 g/mol. The van der Waals surface area contributed by atoms with E-state index in [-0.39, 0.29) is 6.54 Å². The molecule has 0 saturated heterocycles. The Hall–Kier alpha value is -1.58. The molecule has 9 heteroatoms. The van der Waals surface area contributed by atoms with Crippen LogP contribution in [0.5, 0.6) is 0 Å². The number of hydrogen-bond acceptors (Lipinski definition) is 5. The Morgan fingerprint density at radius 1 is 1.43 bits per heavy atom. The summed E-state index contributed by atoms with van der Waals surface area (Å²) in [6.07, 6.45) is 0. The summed E-state index contributed by atoms with van der Waals surface area (Å²) in [6.45, 7) is 5.32. The Morgan fingerprint density at radius 3 is 2.43 bits per heavy atom. The minimum Gasteiger partial charge on any atom is -0.329 e. The van der Waals surface area contributed by atoms with E-state index in [1.807, 2.05) is 0 Å². The third-order valence-electron chi connectivity index (χ3n) is 3.00. The number of halogens is 1. The number of sulfonamides is 1. The van der Waals surface area contributed by atoms with E-state index in [0.29, 0.717) is 0 Å². The highest BCUT2D eigenvalue weighted by Crippen LogP contribution is 2.28. The van der Waals surface area contributed by atoms with Crippen LogP contribution < -0.4 is 10.5 Å². The molecule has 0 bridgehead atoms. The Kier molecular flexibility index (Phi) is 5.03. The van der Waals surface area contributed by atoms with Crippen LogP contribution in [-0.2, 0) is 10.0 Å². The van der Waals surface area contributed by atoms with Gasteiger partial charge < -0.3 is 5.73 Å². The van der Waals surface area contributed by atoms with Crippen molar-refractivity contribution in [1.82, 2.24) is 4.72 Å². The standard InChI is InChI=1S/C12H18FN3O4S/c1-12(2,3)10(7-14)15-21(19,20)9-6-4-5-8(13)11(9)16(17)18/h4-6,10,15H,7,14H2,1-3H3. The first-order chi connectivity index (χ1) is 9.50. The summed E-state index contributed by atoms with van der Waals surface area (Å²) in [5.41, 5.74) is 3.97. The summed E-state index contributed by atoms with van der Waals surface area (Å²) in [4.78, 5) is 9.12. The maximum Gasteiger partial charge on any atom is 0.324 e. The van der Waals surface area contributed by atoms with Gasteiger partial charge in [-0.2, -0.15) is 4.39 Å². The molecule has 118 valence electrons. The number of nitrogens with zero attached hydrogens (tertiary/aromatic N) is 1. The molecule has 1 aromatic carbocycles. The van der Waals surface area contributed by atoms with Gasteiger partial charge in [-0.1, -0.05) is 26.8 Å². The van der Waals surface area contributed by atoms with Crippen LogP contribution in [-0.4, -0.2) is 25.9 Å². The minimum absolute atomic E-state index is 0.00580. The van der Waals surface area contributed by atoms with Crippen molar-refractivity contribution in [2.45, 2.75) is 31.7 Å². The third kappa shape index (κ3) is 3.96. The number of para-hydroxylation sites is 1. The first kappa shape index (κ1) is 17.5. The average molecular weight is 319 g/mol. The number of nitrogens with one attached hydrogen (secondary N) is 1. The van der Waals surface area contributed by atoms with Crippen LogP contribution >= 0.6 is 0 Å². The summed E-state index contributed by atoms with van der Waals surface area (Å²) >= 11 is 0. The molecule has 1 unspecified atom stereocenters. The first-order valence-corrected chi connectivity index (χ1v) is 7.64. The summed E-state index contributed by atoms with van der Waals surface area (Å²) in [5, 5.41) is 10.9. The van der Waals surface area contributed by atoms with Crippen LogP contribution in [0.25, 0.3) is 0 Å². The van der Waals surface area contributed by atoms with Gasteiger partial charge in [0, 0.05) is 12.6 Å². The first-order valence-electron chi connectivity index (χ1n) is 6.16. The SMILES string of the molecule is CC(C)(C)C(CN)NS(=O)(=O)c1cccc(F)c1[N+](=O)[O-]. The van der Waals surface area contributed by atoms with Crippen molar-refractivity contribution in [2.75, 3.05) is 6.54 Å². The molecule has 1 aromatic rings. The molecule has 0 amide bonds. The molecular weight excluding hydrogens is 301 g/mol. The molecule has 0 aliphatic carbocycles. The highest BCUT2D eigenvalue weighted by atomic mass is 32.2. The van der Waals surface area contributed by atoms with Crippen molar-refractivity contribution in [3.8, 4) is 0 Å². The van der Waals surface area contributed by atoms with E-state index >= 15 is 0 Å². The van der Waals surface area contributed by atoms with Gasteiger partial charge in [-0.05, 0) is 17.5 Å². The third-order valence-corrected chi connectivity index (χ3v) is 4.50. The zero-order chi connectivity index (χ0) is 16.4. The Balaban J connectivity index is 3.33. The Bertz CT molecular complexity index is 640. The lowest BCUT2D eigenvalue weighted by molar-refractivity contribution is -0.390. The van der Waals surface area contributed by atoms with Gasteiger partial charge in [0.2, 0.25) is 15.8 Å². The fourth-order valence-corrected chi connectivity index (χ4v) is 3.35. The topological polar surface area (TPSA) is 115 Å². The van der Waals surface area contributed by atoms with Gasteiger partial charge in [0.15, 0.2) is 4.90 Å². The average Bonchev–Trinajstić information content (AvgIpc) is 2.33. The quantitative estimate of drug-likeness (QED) is 0.628. The van der Waals surface area contributed by atoms with Crippen molar-refractivity contribution in [1.29, 1.82) is 0 Å². The number of nitrogens with two attached hydrogens (primary N) is 1. The van der Waals surface area contributed by atoms with Crippen molar-refractivity contribution in [3.05, 3.63) is 34.1 Å². The summed E-state index contributed by atoms with van der Waals surface area (Å²) in [6, 6.07) is 2.28. The van der Waals surface area contributed by atoms with E-state index in [0.717, 1.165) is 18.2 Å². The van der Waals surface area contributed by atoms with Crippen LogP contribution in [0.1, 0.15) is 20.8 Å². The predicted octanol–water partition coefficient (Wildman–Crippen LogP) is 1.39. The Labute approximate surface area is 122 Å². The van der Waals surface area contributed by atoms with Crippen molar-refractivity contribution in [3.63, 3.8) is 0 Å². The molecule has 7 nitrogen and oxygen atoms in total. The number of hydrogen-bond donors (Lipinski definition) is 2. The molecule has 0 spiro atoms. The minimum atomic E-state index is -4.26.